The number of aromatic nitrogens is 3. The Kier molecular flexibility index (Phi) is 6.27. The zero-order valence-corrected chi connectivity index (χ0v) is 17.8. The van der Waals surface area contributed by atoms with E-state index < -0.39 is 17.8 Å². The van der Waals surface area contributed by atoms with Gasteiger partial charge in [-0.3, -0.25) is 4.98 Å². The van der Waals surface area contributed by atoms with Crippen LogP contribution in [0.2, 0.25) is 0 Å². The minimum absolute atomic E-state index is 0.0359. The van der Waals surface area contributed by atoms with E-state index in [-0.39, 0.29) is 25.4 Å². The Labute approximate surface area is 187 Å². The van der Waals surface area contributed by atoms with Gasteiger partial charge in [0, 0.05) is 42.1 Å². The van der Waals surface area contributed by atoms with Crippen molar-refractivity contribution in [2.75, 3.05) is 7.11 Å². The number of nitrogens with one attached hydrogen (secondary N) is 1. The minimum atomic E-state index is -4.49. The predicted octanol–water partition coefficient (Wildman–Crippen LogP) is 6.37. The van der Waals surface area contributed by atoms with Gasteiger partial charge in [0.05, 0.1) is 19.0 Å². The Balaban J connectivity index is 1.44. The molecular weight excluding hydrogens is 445 g/mol. The second-order valence-electron chi connectivity index (χ2n) is 8.01. The fraction of sp³-hybridized carbons (Fsp3) is 0.391. The lowest BCUT2D eigenvalue weighted by Crippen LogP contribution is -2.24. The summed E-state index contributed by atoms with van der Waals surface area (Å²) in [6, 6.07) is 7.36. The molecule has 1 fully saturated rings. The maximum Gasteiger partial charge on any atom is 0.433 e. The largest absolute Gasteiger partial charge is 0.496 e. The maximum absolute atomic E-state index is 13.4. The summed E-state index contributed by atoms with van der Waals surface area (Å²) in [5.41, 5.74) is 0.944. The van der Waals surface area contributed by atoms with Gasteiger partial charge in [-0.15, -0.1) is 0 Å². The van der Waals surface area contributed by atoms with Crippen molar-refractivity contribution in [1.29, 1.82) is 0 Å². The molecule has 1 aromatic carbocycles. The molecule has 0 aliphatic heterocycles. The van der Waals surface area contributed by atoms with Gasteiger partial charge in [-0.05, 0) is 31.0 Å². The molecule has 1 N–H and O–H groups in total. The number of imidazole rings is 1. The maximum atomic E-state index is 13.4. The van der Waals surface area contributed by atoms with Crippen molar-refractivity contribution in [3.8, 4) is 22.8 Å². The molecular formula is C23H22F5N3O2. The van der Waals surface area contributed by atoms with Crippen LogP contribution in [-0.2, 0) is 12.8 Å². The number of methoxy groups -OCH3 is 1. The highest BCUT2D eigenvalue weighted by molar-refractivity contribution is 5.68. The van der Waals surface area contributed by atoms with Crippen molar-refractivity contribution in [3.05, 3.63) is 59.8 Å². The number of alkyl halides is 5. The van der Waals surface area contributed by atoms with Crippen LogP contribution in [0, 0.1) is 0 Å². The van der Waals surface area contributed by atoms with Crippen molar-refractivity contribution in [1.82, 2.24) is 15.0 Å². The summed E-state index contributed by atoms with van der Waals surface area (Å²) < 4.78 is 75.9. The first kappa shape index (κ1) is 23.0. The summed E-state index contributed by atoms with van der Waals surface area (Å²) in [6.07, 6.45) is -1.24. The molecule has 0 unspecified atom stereocenters. The molecule has 176 valence electrons. The van der Waals surface area contributed by atoms with Crippen LogP contribution in [0.5, 0.6) is 11.5 Å². The second-order valence-corrected chi connectivity index (χ2v) is 8.01. The van der Waals surface area contributed by atoms with Crippen LogP contribution >= 0.6 is 0 Å². The number of benzene rings is 1. The summed E-state index contributed by atoms with van der Waals surface area (Å²) in [7, 11) is 1.50. The van der Waals surface area contributed by atoms with Crippen molar-refractivity contribution in [3.63, 3.8) is 0 Å². The van der Waals surface area contributed by atoms with E-state index in [2.05, 4.69) is 15.0 Å². The quantitative estimate of drug-likeness (QED) is 0.428. The van der Waals surface area contributed by atoms with E-state index in [1.165, 1.54) is 13.2 Å². The van der Waals surface area contributed by atoms with Gasteiger partial charge < -0.3 is 14.5 Å². The summed E-state index contributed by atoms with van der Waals surface area (Å²) in [5.74, 6) is -0.989. The number of nitrogens with zero attached hydrogens (tertiary/aromatic N) is 2. The highest BCUT2D eigenvalue weighted by Crippen LogP contribution is 2.41. The molecule has 4 rings (SSSR count). The van der Waals surface area contributed by atoms with Gasteiger partial charge in [-0.2, -0.15) is 13.2 Å². The Hall–Kier alpha value is -3.17. The zero-order valence-electron chi connectivity index (χ0n) is 17.8. The van der Waals surface area contributed by atoms with Crippen LogP contribution in [0.1, 0.15) is 48.7 Å². The van der Waals surface area contributed by atoms with Gasteiger partial charge in [0.2, 0.25) is 5.92 Å². The average molecular weight is 467 g/mol. The third-order valence-electron chi connectivity index (χ3n) is 5.68. The molecule has 2 heterocycles. The summed E-state index contributed by atoms with van der Waals surface area (Å²) in [6.45, 7) is 0.0359. The van der Waals surface area contributed by atoms with E-state index in [1.54, 1.807) is 24.4 Å². The van der Waals surface area contributed by atoms with E-state index >= 15 is 0 Å². The lowest BCUT2D eigenvalue weighted by Gasteiger charge is -2.26. The first-order chi connectivity index (χ1) is 15.6. The van der Waals surface area contributed by atoms with Crippen LogP contribution in [0.4, 0.5) is 22.0 Å². The van der Waals surface area contributed by atoms with Crippen LogP contribution < -0.4 is 9.47 Å². The van der Waals surface area contributed by atoms with Gasteiger partial charge in [0.15, 0.2) is 0 Å². The van der Waals surface area contributed by atoms with E-state index in [4.69, 9.17) is 9.47 Å². The lowest BCUT2D eigenvalue weighted by molar-refractivity contribution is -0.141. The molecule has 0 saturated heterocycles. The van der Waals surface area contributed by atoms with Crippen LogP contribution in [0.25, 0.3) is 11.3 Å². The topological polar surface area (TPSA) is 60.0 Å². The molecule has 33 heavy (non-hydrogen) atoms. The number of hydrogen-bond donors (Lipinski definition) is 1. The molecule has 0 amide bonds. The van der Waals surface area contributed by atoms with Crippen LogP contribution in [0.3, 0.4) is 0 Å². The van der Waals surface area contributed by atoms with Crippen LogP contribution in [0.15, 0.2) is 42.7 Å². The molecule has 1 aliphatic carbocycles. The standard InChI is InChI=1S/C23H22F5N3O2/c1-32-19-10-16(33-13-14-2-5-20(29-11-14)23(26,27)28)3-4-17(19)18-12-30-21(31-18)15-6-8-22(24,25)9-7-15/h2-5,10-12,15H,6-9,13H2,1H3,(H,30,31). The molecule has 1 saturated carbocycles. The summed E-state index contributed by atoms with van der Waals surface area (Å²) in [4.78, 5) is 11.0. The van der Waals surface area contributed by atoms with Crippen molar-refractivity contribution < 1.29 is 31.4 Å². The molecule has 10 heteroatoms. The van der Waals surface area contributed by atoms with E-state index in [0.717, 1.165) is 17.8 Å². The van der Waals surface area contributed by atoms with Gasteiger partial charge >= 0.3 is 6.18 Å². The first-order valence-electron chi connectivity index (χ1n) is 10.4. The van der Waals surface area contributed by atoms with Crippen LogP contribution in [-0.4, -0.2) is 28.0 Å². The number of hydrogen-bond acceptors (Lipinski definition) is 4. The fourth-order valence-electron chi connectivity index (χ4n) is 3.82. The van der Waals surface area contributed by atoms with E-state index in [1.807, 2.05) is 0 Å². The summed E-state index contributed by atoms with van der Waals surface area (Å²) >= 11 is 0. The molecule has 5 nitrogen and oxygen atoms in total. The second kappa shape index (κ2) is 8.99. The first-order valence-corrected chi connectivity index (χ1v) is 10.4. The molecule has 1 aliphatic rings. The molecule has 0 spiro atoms. The Morgan fingerprint density at radius 1 is 1.06 bits per heavy atom. The highest BCUT2D eigenvalue weighted by atomic mass is 19.4. The lowest BCUT2D eigenvalue weighted by atomic mass is 9.86. The number of H-pyrrole nitrogens is 1. The molecule has 3 aromatic rings. The van der Waals surface area contributed by atoms with Gasteiger partial charge in [-0.1, -0.05) is 6.07 Å². The summed E-state index contributed by atoms with van der Waals surface area (Å²) in [5, 5.41) is 0. The monoisotopic (exact) mass is 467 g/mol. The van der Waals surface area contributed by atoms with Crippen molar-refractivity contribution >= 4 is 0 Å². The normalized spacial score (nSPS) is 16.5. The average Bonchev–Trinajstić information content (AvgIpc) is 3.27. The van der Waals surface area contributed by atoms with Gasteiger partial charge in [-0.25, -0.2) is 13.8 Å². The number of pyridine rings is 1. The predicted molar refractivity (Wildman–Crippen MR) is 110 cm³/mol. The molecule has 0 radical (unpaired) electrons. The van der Waals surface area contributed by atoms with Gasteiger partial charge in [0.1, 0.15) is 29.6 Å². The molecule has 2 aromatic heterocycles. The number of halogens is 5. The third kappa shape index (κ3) is 5.43. The number of rotatable bonds is 6. The third-order valence-corrected chi connectivity index (χ3v) is 5.68. The number of aromatic amines is 1. The minimum Gasteiger partial charge on any atom is -0.496 e. The van der Waals surface area contributed by atoms with Crippen molar-refractivity contribution in [2.24, 2.45) is 0 Å². The number of ether oxygens (including phenoxy) is 2. The highest BCUT2D eigenvalue weighted by Gasteiger charge is 2.36. The zero-order chi connectivity index (χ0) is 23.6. The smallest absolute Gasteiger partial charge is 0.433 e. The van der Waals surface area contributed by atoms with E-state index in [9.17, 15) is 22.0 Å². The Bertz CT molecular complexity index is 1090. The Morgan fingerprint density at radius 3 is 2.45 bits per heavy atom. The van der Waals surface area contributed by atoms with Crippen molar-refractivity contribution in [2.45, 2.75) is 50.3 Å². The SMILES string of the molecule is COc1cc(OCc2ccc(C(F)(F)F)nc2)ccc1-c1cnc(C2CCC(F)(F)CC2)[nH]1. The fourth-order valence-corrected chi connectivity index (χ4v) is 3.82. The van der Waals surface area contributed by atoms with Gasteiger partial charge in [0.25, 0.3) is 0 Å². The molecule has 0 atom stereocenters. The Morgan fingerprint density at radius 2 is 1.82 bits per heavy atom. The van der Waals surface area contributed by atoms with E-state index in [0.29, 0.717) is 41.4 Å². The molecule has 0 bridgehead atoms.